The molecule has 1 saturated heterocycles. The molecule has 0 spiro atoms. The molecule has 4 nitrogen and oxygen atoms in total. The summed E-state index contributed by atoms with van der Waals surface area (Å²) in [6.45, 7) is 7.48. The number of rotatable bonds is 2. The monoisotopic (exact) mass is 335 g/mol. The molecule has 6 heteroatoms. The van der Waals surface area contributed by atoms with E-state index in [9.17, 15) is 4.79 Å². The van der Waals surface area contributed by atoms with Gasteiger partial charge >= 0.3 is 0 Å². The van der Waals surface area contributed by atoms with Crippen LogP contribution in [0.5, 0.6) is 0 Å². The third kappa shape index (κ3) is 3.08. The first kappa shape index (κ1) is 15.5. The molecule has 1 aromatic rings. The first-order valence-electron chi connectivity index (χ1n) is 6.01. The molecule has 1 amide bonds. The highest BCUT2D eigenvalue weighted by atomic mass is 79.9. The fourth-order valence-electron chi connectivity index (χ4n) is 2.21. The van der Waals surface area contributed by atoms with Crippen molar-refractivity contribution in [1.29, 1.82) is 0 Å². The summed E-state index contributed by atoms with van der Waals surface area (Å²) < 4.78 is 2.95. The van der Waals surface area contributed by atoms with Crippen LogP contribution in [0.25, 0.3) is 0 Å². The van der Waals surface area contributed by atoms with Gasteiger partial charge in [0.25, 0.3) is 5.91 Å². The van der Waals surface area contributed by atoms with E-state index in [1.165, 1.54) is 0 Å². The van der Waals surface area contributed by atoms with Gasteiger partial charge in [0.15, 0.2) is 0 Å². The first-order valence-corrected chi connectivity index (χ1v) is 6.80. The van der Waals surface area contributed by atoms with Gasteiger partial charge in [-0.15, -0.1) is 12.4 Å². The van der Waals surface area contributed by atoms with E-state index in [2.05, 4.69) is 28.2 Å². The molecule has 0 aliphatic carbocycles. The second kappa shape index (κ2) is 6.59. The summed E-state index contributed by atoms with van der Waals surface area (Å²) in [5.41, 5.74) is 0.771. The van der Waals surface area contributed by atoms with Crippen LogP contribution < -0.4 is 5.32 Å². The van der Waals surface area contributed by atoms with E-state index in [1.807, 2.05) is 28.7 Å². The number of carbonyl (C=O) groups excluding carboxylic acids is 1. The standard InChI is InChI=1S/C12H18BrN3O.ClH/c1-3-15-8-10(13)6-11(15)12(17)16-5-4-14-7-9(16)2;/h6,8-9,14H,3-5,7H2,1-2H3;1H/t9-;/m0./s1. The van der Waals surface area contributed by atoms with E-state index in [0.29, 0.717) is 0 Å². The number of amides is 1. The van der Waals surface area contributed by atoms with Gasteiger partial charge in [-0.3, -0.25) is 4.79 Å². The van der Waals surface area contributed by atoms with Crippen LogP contribution in [-0.2, 0) is 6.54 Å². The zero-order valence-electron chi connectivity index (χ0n) is 10.6. The molecule has 2 rings (SSSR count). The highest BCUT2D eigenvalue weighted by Gasteiger charge is 2.26. The molecule has 1 fully saturated rings. The summed E-state index contributed by atoms with van der Waals surface area (Å²) in [4.78, 5) is 14.4. The van der Waals surface area contributed by atoms with Crippen LogP contribution >= 0.6 is 28.3 Å². The summed E-state index contributed by atoms with van der Waals surface area (Å²) in [5, 5.41) is 3.29. The highest BCUT2D eigenvalue weighted by molar-refractivity contribution is 9.10. The van der Waals surface area contributed by atoms with Crippen LogP contribution in [0.3, 0.4) is 0 Å². The molecule has 0 radical (unpaired) electrons. The number of nitrogens with zero attached hydrogens (tertiary/aromatic N) is 2. The van der Waals surface area contributed by atoms with Gasteiger partial charge < -0.3 is 14.8 Å². The molecule has 1 aromatic heterocycles. The normalized spacial score (nSPS) is 19.5. The average molecular weight is 337 g/mol. The van der Waals surface area contributed by atoms with Gasteiger partial charge in [-0.25, -0.2) is 0 Å². The lowest BCUT2D eigenvalue weighted by molar-refractivity contribution is 0.0645. The quantitative estimate of drug-likeness (QED) is 0.898. The van der Waals surface area contributed by atoms with Crippen molar-refractivity contribution in [3.8, 4) is 0 Å². The number of halogens is 2. The minimum absolute atomic E-state index is 0. The number of nitrogens with one attached hydrogen (secondary N) is 1. The van der Waals surface area contributed by atoms with E-state index in [4.69, 9.17) is 0 Å². The zero-order valence-corrected chi connectivity index (χ0v) is 13.1. The van der Waals surface area contributed by atoms with Crippen molar-refractivity contribution in [1.82, 2.24) is 14.8 Å². The highest BCUT2D eigenvalue weighted by Crippen LogP contribution is 2.18. The predicted octanol–water partition coefficient (Wildman–Crippen LogP) is 2.13. The molecule has 0 bridgehead atoms. The topological polar surface area (TPSA) is 37.3 Å². The van der Waals surface area contributed by atoms with Crippen molar-refractivity contribution >= 4 is 34.2 Å². The van der Waals surface area contributed by atoms with Crippen LogP contribution in [-0.4, -0.2) is 41.1 Å². The molecule has 0 unspecified atom stereocenters. The van der Waals surface area contributed by atoms with E-state index in [-0.39, 0.29) is 24.4 Å². The van der Waals surface area contributed by atoms with Crippen LogP contribution in [0.2, 0.25) is 0 Å². The van der Waals surface area contributed by atoms with E-state index < -0.39 is 0 Å². The maximum absolute atomic E-state index is 12.5. The van der Waals surface area contributed by atoms with Crippen molar-refractivity contribution in [2.75, 3.05) is 19.6 Å². The summed E-state index contributed by atoms with van der Waals surface area (Å²) in [7, 11) is 0. The lowest BCUT2D eigenvalue weighted by Gasteiger charge is -2.34. The maximum atomic E-state index is 12.5. The molecule has 18 heavy (non-hydrogen) atoms. The minimum Gasteiger partial charge on any atom is -0.343 e. The zero-order chi connectivity index (χ0) is 12.4. The largest absolute Gasteiger partial charge is 0.343 e. The van der Waals surface area contributed by atoms with E-state index >= 15 is 0 Å². The number of hydrogen-bond acceptors (Lipinski definition) is 2. The van der Waals surface area contributed by atoms with Crippen LogP contribution in [0.15, 0.2) is 16.7 Å². The van der Waals surface area contributed by atoms with Crippen LogP contribution in [0, 0.1) is 0 Å². The molecular weight excluding hydrogens is 318 g/mol. The molecule has 1 N–H and O–H groups in total. The lowest BCUT2D eigenvalue weighted by Crippen LogP contribution is -2.52. The Bertz CT molecular complexity index is 421. The van der Waals surface area contributed by atoms with Gasteiger partial charge in [0.1, 0.15) is 5.69 Å². The molecule has 1 aliphatic heterocycles. The molecule has 102 valence electrons. The minimum atomic E-state index is 0. The van der Waals surface area contributed by atoms with E-state index in [1.54, 1.807) is 0 Å². The third-order valence-corrected chi connectivity index (χ3v) is 3.62. The summed E-state index contributed by atoms with van der Waals surface area (Å²) in [6, 6.07) is 2.16. The van der Waals surface area contributed by atoms with Crippen molar-refractivity contribution in [2.45, 2.75) is 26.4 Å². The van der Waals surface area contributed by atoms with Gasteiger partial charge in [0.2, 0.25) is 0 Å². The summed E-state index contributed by atoms with van der Waals surface area (Å²) in [5.74, 6) is 0.131. The smallest absolute Gasteiger partial charge is 0.270 e. The third-order valence-electron chi connectivity index (χ3n) is 3.19. The summed E-state index contributed by atoms with van der Waals surface area (Å²) >= 11 is 3.43. The fourth-order valence-corrected chi connectivity index (χ4v) is 2.67. The van der Waals surface area contributed by atoms with E-state index in [0.717, 1.165) is 36.3 Å². The fraction of sp³-hybridized carbons (Fsp3) is 0.583. The predicted molar refractivity (Wildman–Crippen MR) is 78.4 cm³/mol. The summed E-state index contributed by atoms with van der Waals surface area (Å²) in [6.07, 6.45) is 1.96. The van der Waals surface area contributed by atoms with Gasteiger partial charge in [-0.05, 0) is 35.8 Å². The average Bonchev–Trinajstić information content (AvgIpc) is 2.70. The number of carbonyl (C=O) groups is 1. The Morgan fingerprint density at radius 2 is 2.33 bits per heavy atom. The Kier molecular flexibility index (Phi) is 5.69. The SMILES string of the molecule is CCn1cc(Br)cc1C(=O)N1CCNC[C@@H]1C.Cl. The van der Waals surface area contributed by atoms with Crippen LogP contribution in [0.4, 0.5) is 0 Å². The van der Waals surface area contributed by atoms with Crippen molar-refractivity contribution < 1.29 is 4.79 Å². The lowest BCUT2D eigenvalue weighted by atomic mass is 10.2. The Labute approximate surface area is 122 Å². The molecule has 0 aromatic carbocycles. The van der Waals surface area contributed by atoms with Crippen molar-refractivity contribution in [3.63, 3.8) is 0 Å². The molecular formula is C12H19BrClN3O. The Balaban J connectivity index is 0.00000162. The van der Waals surface area contributed by atoms with Crippen LogP contribution in [0.1, 0.15) is 24.3 Å². The van der Waals surface area contributed by atoms with Crippen molar-refractivity contribution in [2.24, 2.45) is 0 Å². The number of hydrogen-bond donors (Lipinski definition) is 1. The Morgan fingerprint density at radius 1 is 1.61 bits per heavy atom. The second-order valence-electron chi connectivity index (χ2n) is 4.38. The van der Waals surface area contributed by atoms with Gasteiger partial charge in [0.05, 0.1) is 0 Å². The van der Waals surface area contributed by atoms with Gasteiger partial charge in [-0.1, -0.05) is 0 Å². The second-order valence-corrected chi connectivity index (χ2v) is 5.30. The number of piperazine rings is 1. The molecule has 0 saturated carbocycles. The number of aryl methyl sites for hydroxylation is 1. The van der Waals surface area contributed by atoms with Crippen molar-refractivity contribution in [3.05, 3.63) is 22.4 Å². The van der Waals surface area contributed by atoms with Gasteiger partial charge in [-0.2, -0.15) is 0 Å². The first-order chi connectivity index (χ1) is 8.13. The molecule has 2 heterocycles. The molecule has 1 atom stereocenters. The Morgan fingerprint density at radius 3 is 2.94 bits per heavy atom. The molecule has 1 aliphatic rings. The van der Waals surface area contributed by atoms with Gasteiger partial charge in [0, 0.05) is 42.9 Å². The maximum Gasteiger partial charge on any atom is 0.270 e. The number of aromatic nitrogens is 1. The Hall–Kier alpha value is -0.520.